The summed E-state index contributed by atoms with van der Waals surface area (Å²) in [4.78, 5) is 12.5. The van der Waals surface area contributed by atoms with Crippen LogP contribution in [0.4, 0.5) is 0 Å². The molecule has 2 saturated carbocycles. The molecule has 1 aromatic rings. The largest absolute Gasteiger partial charge is 0.481 e. The van der Waals surface area contributed by atoms with Crippen LogP contribution in [-0.2, 0) is 4.79 Å². The first-order valence-corrected chi connectivity index (χ1v) is 9.01. The normalized spacial score (nSPS) is 27.3. The monoisotopic (exact) mass is 315 g/mol. The summed E-state index contributed by atoms with van der Waals surface area (Å²) in [5.74, 6) is 2.79. The van der Waals surface area contributed by atoms with Crippen LogP contribution in [0.5, 0.6) is 5.75 Å². The van der Waals surface area contributed by atoms with E-state index in [1.54, 1.807) is 0 Å². The van der Waals surface area contributed by atoms with E-state index >= 15 is 0 Å². The quantitative estimate of drug-likeness (QED) is 0.885. The fraction of sp³-hybridized carbons (Fsp3) is 0.650. The van der Waals surface area contributed by atoms with Crippen molar-refractivity contribution < 1.29 is 9.53 Å². The highest BCUT2D eigenvalue weighted by molar-refractivity contribution is 5.81. The number of rotatable bonds is 5. The second kappa shape index (κ2) is 6.54. The number of amides is 1. The molecular weight excluding hydrogens is 286 g/mol. The van der Waals surface area contributed by atoms with Crippen LogP contribution in [0, 0.1) is 18.8 Å². The molecule has 4 atom stereocenters. The molecule has 1 aromatic carbocycles. The lowest BCUT2D eigenvalue weighted by atomic mass is 9.95. The summed E-state index contributed by atoms with van der Waals surface area (Å²) in [6, 6.07) is 6.61. The average Bonchev–Trinajstić information content (AvgIpc) is 3.09. The Kier molecular flexibility index (Phi) is 4.65. The summed E-state index contributed by atoms with van der Waals surface area (Å²) in [5.41, 5.74) is 2.32. The summed E-state index contributed by atoms with van der Waals surface area (Å²) >= 11 is 0. The fourth-order valence-corrected chi connectivity index (χ4v) is 4.19. The van der Waals surface area contributed by atoms with Gasteiger partial charge in [-0.2, -0.15) is 0 Å². The molecule has 3 rings (SSSR count). The number of carbonyl (C=O) groups is 1. The third kappa shape index (κ3) is 3.54. The highest BCUT2D eigenvalue weighted by atomic mass is 16.5. The van der Waals surface area contributed by atoms with Crippen molar-refractivity contribution in [2.75, 3.05) is 0 Å². The molecule has 3 heteroatoms. The van der Waals surface area contributed by atoms with Gasteiger partial charge >= 0.3 is 0 Å². The average molecular weight is 315 g/mol. The standard InChI is InChI=1S/C20H29NO2/c1-12(2)17-8-5-13(3)9-19(17)23-14(4)20(22)21-18-11-15-6-7-16(18)10-15/h5,8-9,12,14-16,18H,6-7,10-11H2,1-4H3,(H,21,22)/t14-,15-,16-,18-/m0/s1. The molecule has 1 amide bonds. The predicted molar refractivity (Wildman–Crippen MR) is 92.7 cm³/mol. The topological polar surface area (TPSA) is 38.3 Å². The van der Waals surface area contributed by atoms with Gasteiger partial charge in [0.2, 0.25) is 0 Å². The molecule has 0 heterocycles. The van der Waals surface area contributed by atoms with Crippen molar-refractivity contribution in [1.82, 2.24) is 5.32 Å². The molecule has 0 radical (unpaired) electrons. The van der Waals surface area contributed by atoms with Crippen LogP contribution in [-0.4, -0.2) is 18.1 Å². The third-order valence-electron chi connectivity index (χ3n) is 5.53. The molecule has 0 saturated heterocycles. The van der Waals surface area contributed by atoms with Crippen molar-refractivity contribution in [2.24, 2.45) is 11.8 Å². The minimum absolute atomic E-state index is 0.0266. The van der Waals surface area contributed by atoms with Crippen molar-refractivity contribution in [3.05, 3.63) is 29.3 Å². The van der Waals surface area contributed by atoms with Gasteiger partial charge in [-0.15, -0.1) is 0 Å². The number of hydrogen-bond donors (Lipinski definition) is 1. The molecule has 2 aliphatic carbocycles. The first kappa shape index (κ1) is 16.4. The van der Waals surface area contributed by atoms with Gasteiger partial charge in [-0.3, -0.25) is 4.79 Å². The number of hydrogen-bond acceptors (Lipinski definition) is 2. The lowest BCUT2D eigenvalue weighted by molar-refractivity contribution is -0.128. The Hall–Kier alpha value is -1.51. The van der Waals surface area contributed by atoms with Gasteiger partial charge < -0.3 is 10.1 Å². The predicted octanol–water partition coefficient (Wildman–Crippen LogP) is 4.19. The van der Waals surface area contributed by atoms with Crippen LogP contribution in [0.1, 0.15) is 63.5 Å². The molecule has 126 valence electrons. The number of nitrogens with one attached hydrogen (secondary N) is 1. The fourth-order valence-electron chi connectivity index (χ4n) is 4.19. The molecule has 23 heavy (non-hydrogen) atoms. The molecule has 2 bridgehead atoms. The Balaban J connectivity index is 1.63. The van der Waals surface area contributed by atoms with E-state index in [-0.39, 0.29) is 5.91 Å². The highest BCUT2D eigenvalue weighted by Gasteiger charge is 2.40. The number of fused-ring (bicyclic) bond motifs is 2. The maximum atomic E-state index is 12.5. The van der Waals surface area contributed by atoms with Gasteiger partial charge in [0.05, 0.1) is 0 Å². The summed E-state index contributed by atoms with van der Waals surface area (Å²) in [6.45, 7) is 8.21. The van der Waals surface area contributed by atoms with E-state index in [9.17, 15) is 4.79 Å². The van der Waals surface area contributed by atoms with Crippen molar-refractivity contribution in [2.45, 2.75) is 71.4 Å². The molecule has 0 aromatic heterocycles. The van der Waals surface area contributed by atoms with E-state index in [1.165, 1.54) is 19.3 Å². The molecule has 1 N–H and O–H groups in total. The third-order valence-corrected chi connectivity index (χ3v) is 5.53. The van der Waals surface area contributed by atoms with E-state index in [4.69, 9.17) is 4.74 Å². The van der Waals surface area contributed by atoms with E-state index in [0.29, 0.717) is 17.9 Å². The minimum Gasteiger partial charge on any atom is -0.481 e. The van der Waals surface area contributed by atoms with E-state index in [1.807, 2.05) is 13.0 Å². The number of carbonyl (C=O) groups excluding carboxylic acids is 1. The molecule has 2 fully saturated rings. The number of benzene rings is 1. The maximum Gasteiger partial charge on any atom is 0.261 e. The lowest BCUT2D eigenvalue weighted by Crippen LogP contribution is -2.44. The van der Waals surface area contributed by atoms with Gasteiger partial charge in [0.15, 0.2) is 6.10 Å². The van der Waals surface area contributed by atoms with Crippen LogP contribution < -0.4 is 10.1 Å². The van der Waals surface area contributed by atoms with Gasteiger partial charge in [-0.25, -0.2) is 0 Å². The highest BCUT2D eigenvalue weighted by Crippen LogP contribution is 2.44. The summed E-state index contributed by atoms with van der Waals surface area (Å²) in [7, 11) is 0. The van der Waals surface area contributed by atoms with Gasteiger partial charge in [0, 0.05) is 6.04 Å². The van der Waals surface area contributed by atoms with Gasteiger partial charge in [-0.05, 0) is 68.1 Å². The smallest absolute Gasteiger partial charge is 0.261 e. The van der Waals surface area contributed by atoms with Crippen molar-refractivity contribution >= 4 is 5.91 Å². The van der Waals surface area contributed by atoms with E-state index < -0.39 is 6.10 Å². The Labute approximate surface area is 139 Å². The van der Waals surface area contributed by atoms with Crippen LogP contribution in [0.2, 0.25) is 0 Å². The van der Waals surface area contributed by atoms with Gasteiger partial charge in [0.25, 0.3) is 5.91 Å². The maximum absolute atomic E-state index is 12.5. The summed E-state index contributed by atoms with van der Waals surface area (Å²) < 4.78 is 6.03. The minimum atomic E-state index is -0.451. The molecule has 3 nitrogen and oxygen atoms in total. The van der Waals surface area contributed by atoms with E-state index in [2.05, 4.69) is 38.2 Å². The molecule has 0 aliphatic heterocycles. The summed E-state index contributed by atoms with van der Waals surface area (Å²) in [5, 5.41) is 3.23. The first-order chi connectivity index (χ1) is 10.9. The molecule has 2 aliphatic rings. The Morgan fingerprint density at radius 1 is 1.22 bits per heavy atom. The van der Waals surface area contributed by atoms with Gasteiger partial charge in [0.1, 0.15) is 5.75 Å². The van der Waals surface area contributed by atoms with Gasteiger partial charge in [-0.1, -0.05) is 32.4 Å². The first-order valence-electron chi connectivity index (χ1n) is 9.01. The summed E-state index contributed by atoms with van der Waals surface area (Å²) in [6.07, 6.45) is 4.64. The molecule has 0 unspecified atom stereocenters. The number of aryl methyl sites for hydroxylation is 1. The van der Waals surface area contributed by atoms with Crippen LogP contribution in [0.25, 0.3) is 0 Å². The van der Waals surface area contributed by atoms with Crippen molar-refractivity contribution in [1.29, 1.82) is 0 Å². The van der Waals surface area contributed by atoms with Crippen molar-refractivity contribution in [3.63, 3.8) is 0 Å². The Bertz CT molecular complexity index is 581. The second-order valence-electron chi connectivity index (χ2n) is 7.75. The zero-order valence-electron chi connectivity index (χ0n) is 14.8. The Morgan fingerprint density at radius 3 is 2.61 bits per heavy atom. The van der Waals surface area contributed by atoms with Crippen LogP contribution in [0.3, 0.4) is 0 Å². The lowest BCUT2D eigenvalue weighted by Gasteiger charge is -2.25. The zero-order chi connectivity index (χ0) is 16.6. The SMILES string of the molecule is Cc1ccc(C(C)C)c(O[C@@H](C)C(=O)N[C@H]2C[C@H]3CC[C@H]2C3)c1. The second-order valence-corrected chi connectivity index (χ2v) is 7.75. The molecular formula is C20H29NO2. The number of ether oxygens (including phenoxy) is 1. The zero-order valence-corrected chi connectivity index (χ0v) is 14.8. The van der Waals surface area contributed by atoms with Crippen molar-refractivity contribution in [3.8, 4) is 5.75 Å². The van der Waals surface area contributed by atoms with Crippen LogP contribution >= 0.6 is 0 Å². The molecule has 0 spiro atoms. The Morgan fingerprint density at radius 2 is 2.00 bits per heavy atom. The van der Waals surface area contributed by atoms with E-state index in [0.717, 1.165) is 29.2 Å². The van der Waals surface area contributed by atoms with Crippen LogP contribution in [0.15, 0.2) is 18.2 Å².